The first kappa shape index (κ1) is 17.3. The quantitative estimate of drug-likeness (QED) is 0.847. The minimum atomic E-state index is -0.00767. The molecular formula is C17H27N3OS. The van der Waals surface area contributed by atoms with E-state index in [0.717, 1.165) is 31.2 Å². The van der Waals surface area contributed by atoms with Crippen molar-refractivity contribution in [1.29, 1.82) is 0 Å². The zero-order valence-electron chi connectivity index (χ0n) is 14.1. The van der Waals surface area contributed by atoms with Gasteiger partial charge in [0, 0.05) is 25.8 Å². The Labute approximate surface area is 138 Å². The average Bonchev–Trinajstić information content (AvgIpc) is 2.90. The molecule has 0 spiro atoms. The Morgan fingerprint density at radius 2 is 2.27 bits per heavy atom. The van der Waals surface area contributed by atoms with Crippen molar-refractivity contribution in [1.82, 2.24) is 15.2 Å². The highest BCUT2D eigenvalue weighted by Gasteiger charge is 2.26. The van der Waals surface area contributed by atoms with Gasteiger partial charge in [-0.1, -0.05) is 20.8 Å². The normalized spacial score (nSPS) is 19.4. The van der Waals surface area contributed by atoms with Gasteiger partial charge in [-0.2, -0.15) is 0 Å². The second-order valence-corrected chi connectivity index (χ2v) is 8.02. The maximum absolute atomic E-state index is 12.3. The molecule has 0 aromatic carbocycles. The molecule has 1 aliphatic heterocycles. The number of hydrogen-bond acceptors (Lipinski definition) is 4. The molecule has 5 heteroatoms. The molecule has 1 aromatic rings. The summed E-state index contributed by atoms with van der Waals surface area (Å²) in [4.78, 5) is 19.1. The fraction of sp³-hybridized carbons (Fsp3) is 0.647. The fourth-order valence-electron chi connectivity index (χ4n) is 2.95. The van der Waals surface area contributed by atoms with E-state index in [1.54, 1.807) is 6.20 Å². The Morgan fingerprint density at radius 3 is 2.95 bits per heavy atom. The molecule has 4 nitrogen and oxygen atoms in total. The van der Waals surface area contributed by atoms with Gasteiger partial charge >= 0.3 is 0 Å². The van der Waals surface area contributed by atoms with Gasteiger partial charge in [-0.15, -0.1) is 11.8 Å². The van der Waals surface area contributed by atoms with Gasteiger partial charge in [-0.3, -0.25) is 4.79 Å². The number of nitrogens with zero attached hydrogens (tertiary/aromatic N) is 2. The lowest BCUT2D eigenvalue weighted by Gasteiger charge is -2.26. The van der Waals surface area contributed by atoms with E-state index in [2.05, 4.69) is 36.0 Å². The Bertz CT molecular complexity index is 513. The summed E-state index contributed by atoms with van der Waals surface area (Å²) >= 11 is 1.51. The van der Waals surface area contributed by atoms with E-state index in [1.165, 1.54) is 18.2 Å². The van der Waals surface area contributed by atoms with Gasteiger partial charge in [0.15, 0.2) is 0 Å². The molecule has 2 rings (SSSR count). The summed E-state index contributed by atoms with van der Waals surface area (Å²) in [6, 6.07) is 3.66. The highest BCUT2D eigenvalue weighted by atomic mass is 32.2. The van der Waals surface area contributed by atoms with Crippen LogP contribution >= 0.6 is 11.8 Å². The summed E-state index contributed by atoms with van der Waals surface area (Å²) in [7, 11) is 0. The highest BCUT2D eigenvalue weighted by Crippen LogP contribution is 2.22. The van der Waals surface area contributed by atoms with Gasteiger partial charge in [-0.25, -0.2) is 4.98 Å². The Kier molecular flexibility index (Phi) is 5.87. The molecule has 1 N–H and O–H groups in total. The topological polar surface area (TPSA) is 45.2 Å². The summed E-state index contributed by atoms with van der Waals surface area (Å²) in [5.41, 5.74) is 1.01. The van der Waals surface area contributed by atoms with Crippen LogP contribution in [0, 0.1) is 11.3 Å². The second-order valence-electron chi connectivity index (χ2n) is 7.22. The smallest absolute Gasteiger partial charge is 0.254 e. The summed E-state index contributed by atoms with van der Waals surface area (Å²) in [5, 5.41) is 3.87. The number of carbonyl (C=O) groups excluding carboxylic acids is 1. The molecule has 0 unspecified atom stereocenters. The number of thioether (sulfide) groups is 1. The first-order chi connectivity index (χ1) is 10.4. The first-order valence-corrected chi connectivity index (χ1v) is 9.11. The minimum Gasteiger partial charge on any atom is -0.352 e. The van der Waals surface area contributed by atoms with Crippen LogP contribution in [-0.2, 0) is 0 Å². The third kappa shape index (κ3) is 4.99. The van der Waals surface area contributed by atoms with Crippen LogP contribution in [0.15, 0.2) is 23.4 Å². The molecular weight excluding hydrogens is 294 g/mol. The SMILES string of the molecule is CSc1ncccc1C(=O)NC[C@@H]1CCN(CC(C)(C)C)C1. The van der Waals surface area contributed by atoms with Crippen LogP contribution in [0.4, 0.5) is 0 Å². The highest BCUT2D eigenvalue weighted by molar-refractivity contribution is 7.98. The standard InChI is InChI=1S/C17H27N3OS/c1-17(2,3)12-20-9-7-13(11-20)10-19-15(21)14-6-5-8-18-16(14)22-4/h5-6,8,13H,7,9-12H2,1-4H3,(H,19,21)/t13-/m0/s1. The van der Waals surface area contributed by atoms with Crippen LogP contribution in [-0.4, -0.2) is 48.2 Å². The van der Waals surface area contributed by atoms with Gasteiger partial charge in [0.25, 0.3) is 5.91 Å². The molecule has 0 saturated carbocycles. The Balaban J connectivity index is 1.82. The molecule has 1 atom stereocenters. The molecule has 1 fully saturated rings. The molecule has 1 aliphatic rings. The summed E-state index contributed by atoms with van der Waals surface area (Å²) in [6.45, 7) is 10.9. The Morgan fingerprint density at radius 1 is 1.50 bits per heavy atom. The number of carbonyl (C=O) groups is 1. The van der Waals surface area contributed by atoms with Crippen molar-refractivity contribution in [3.63, 3.8) is 0 Å². The molecule has 0 bridgehead atoms. The molecule has 2 heterocycles. The number of aromatic nitrogens is 1. The number of rotatable bonds is 5. The summed E-state index contributed by atoms with van der Waals surface area (Å²) in [6.07, 6.45) is 4.84. The van der Waals surface area contributed by atoms with Gasteiger partial charge in [0.05, 0.1) is 5.56 Å². The van der Waals surface area contributed by atoms with Crippen molar-refractivity contribution in [2.75, 3.05) is 32.4 Å². The van der Waals surface area contributed by atoms with E-state index in [9.17, 15) is 4.79 Å². The van der Waals surface area contributed by atoms with Gasteiger partial charge < -0.3 is 10.2 Å². The van der Waals surface area contributed by atoms with E-state index in [0.29, 0.717) is 16.9 Å². The molecule has 1 amide bonds. The lowest BCUT2D eigenvalue weighted by molar-refractivity contribution is 0.0943. The van der Waals surface area contributed by atoms with Crippen LogP contribution < -0.4 is 5.32 Å². The van der Waals surface area contributed by atoms with Crippen LogP contribution in [0.2, 0.25) is 0 Å². The molecule has 22 heavy (non-hydrogen) atoms. The van der Waals surface area contributed by atoms with Crippen LogP contribution in [0.5, 0.6) is 0 Å². The number of hydrogen-bond donors (Lipinski definition) is 1. The van der Waals surface area contributed by atoms with E-state index in [1.807, 2.05) is 18.4 Å². The van der Waals surface area contributed by atoms with Crippen LogP contribution in [0.1, 0.15) is 37.6 Å². The summed E-state index contributed by atoms with van der Waals surface area (Å²) < 4.78 is 0. The minimum absolute atomic E-state index is 0.00767. The monoisotopic (exact) mass is 321 g/mol. The zero-order valence-corrected chi connectivity index (χ0v) is 14.9. The molecule has 1 aromatic heterocycles. The third-order valence-electron chi connectivity index (χ3n) is 3.83. The number of likely N-dealkylation sites (tertiary alicyclic amines) is 1. The fourth-order valence-corrected chi connectivity index (χ4v) is 3.50. The van der Waals surface area contributed by atoms with E-state index < -0.39 is 0 Å². The van der Waals surface area contributed by atoms with Crippen molar-refractivity contribution in [3.8, 4) is 0 Å². The first-order valence-electron chi connectivity index (χ1n) is 7.88. The van der Waals surface area contributed by atoms with Crippen molar-refractivity contribution >= 4 is 17.7 Å². The average molecular weight is 321 g/mol. The number of amides is 1. The summed E-state index contributed by atoms with van der Waals surface area (Å²) in [5.74, 6) is 0.549. The maximum atomic E-state index is 12.3. The van der Waals surface area contributed by atoms with Crippen molar-refractivity contribution < 1.29 is 4.79 Å². The zero-order chi connectivity index (χ0) is 16.2. The lowest BCUT2D eigenvalue weighted by atomic mass is 9.96. The van der Waals surface area contributed by atoms with Gasteiger partial charge in [-0.05, 0) is 42.7 Å². The van der Waals surface area contributed by atoms with E-state index in [-0.39, 0.29) is 5.91 Å². The predicted octanol–water partition coefficient (Wildman–Crippen LogP) is 2.90. The third-order valence-corrected chi connectivity index (χ3v) is 4.54. The van der Waals surface area contributed by atoms with E-state index >= 15 is 0 Å². The van der Waals surface area contributed by atoms with E-state index in [4.69, 9.17) is 0 Å². The predicted molar refractivity (Wildman–Crippen MR) is 92.4 cm³/mol. The van der Waals surface area contributed by atoms with Gasteiger partial charge in [0.1, 0.15) is 5.03 Å². The largest absolute Gasteiger partial charge is 0.352 e. The molecule has 122 valence electrons. The second kappa shape index (κ2) is 7.47. The number of pyridine rings is 1. The van der Waals surface area contributed by atoms with Crippen LogP contribution in [0.25, 0.3) is 0 Å². The molecule has 1 saturated heterocycles. The maximum Gasteiger partial charge on any atom is 0.254 e. The van der Waals surface area contributed by atoms with Crippen molar-refractivity contribution in [2.24, 2.45) is 11.3 Å². The number of nitrogens with one attached hydrogen (secondary N) is 1. The lowest BCUT2D eigenvalue weighted by Crippen LogP contribution is -2.34. The molecule has 0 radical (unpaired) electrons. The Hall–Kier alpha value is -1.07. The van der Waals surface area contributed by atoms with Crippen molar-refractivity contribution in [3.05, 3.63) is 23.9 Å². The van der Waals surface area contributed by atoms with Crippen molar-refractivity contribution in [2.45, 2.75) is 32.2 Å². The van der Waals surface area contributed by atoms with Crippen LogP contribution in [0.3, 0.4) is 0 Å². The van der Waals surface area contributed by atoms with Gasteiger partial charge in [0.2, 0.25) is 0 Å². The molecule has 0 aliphatic carbocycles.